The predicted octanol–water partition coefficient (Wildman–Crippen LogP) is 3.94. The monoisotopic (exact) mass is 458 g/mol. The fourth-order valence-electron chi connectivity index (χ4n) is 3.25. The molecule has 1 heterocycles. The number of amides is 1. The highest BCUT2D eigenvalue weighted by Gasteiger charge is 2.37. The van der Waals surface area contributed by atoms with Crippen molar-refractivity contribution in [2.45, 2.75) is 11.0 Å². The van der Waals surface area contributed by atoms with Gasteiger partial charge in [0.1, 0.15) is 11.5 Å². The minimum Gasteiger partial charge on any atom is -0.495 e. The van der Waals surface area contributed by atoms with Gasteiger partial charge in [-0.25, -0.2) is 8.42 Å². The second-order valence-corrected chi connectivity index (χ2v) is 9.03. The average Bonchev–Trinajstić information content (AvgIpc) is 2.79. The van der Waals surface area contributed by atoms with E-state index in [2.05, 4.69) is 5.32 Å². The van der Waals surface area contributed by atoms with E-state index in [0.717, 1.165) is 0 Å². The Morgan fingerprint density at radius 2 is 1.81 bits per heavy atom. The molecule has 31 heavy (non-hydrogen) atoms. The van der Waals surface area contributed by atoms with E-state index in [9.17, 15) is 13.2 Å². The molecule has 1 aliphatic heterocycles. The van der Waals surface area contributed by atoms with Crippen LogP contribution in [0.5, 0.6) is 11.5 Å². The number of benzene rings is 3. The molecule has 3 aromatic rings. The number of sulfonamides is 1. The van der Waals surface area contributed by atoms with E-state index >= 15 is 0 Å². The van der Waals surface area contributed by atoms with Gasteiger partial charge in [-0.05, 0) is 42.5 Å². The molecule has 1 aliphatic rings. The van der Waals surface area contributed by atoms with E-state index in [-0.39, 0.29) is 11.4 Å². The second kappa shape index (κ2) is 8.49. The molecular formula is C22H19ClN2O5S. The van der Waals surface area contributed by atoms with Crippen LogP contribution < -0.4 is 19.1 Å². The van der Waals surface area contributed by atoms with Gasteiger partial charge in [0.25, 0.3) is 15.9 Å². The van der Waals surface area contributed by atoms with E-state index in [1.54, 1.807) is 60.7 Å². The molecule has 4 rings (SSSR count). The molecule has 0 bridgehead atoms. The number of methoxy groups -OCH3 is 1. The first-order valence-corrected chi connectivity index (χ1v) is 11.2. The Hall–Kier alpha value is -3.23. The van der Waals surface area contributed by atoms with Crippen LogP contribution in [0.25, 0.3) is 0 Å². The number of nitrogens with one attached hydrogen (secondary N) is 1. The number of fused-ring (bicyclic) bond motifs is 1. The van der Waals surface area contributed by atoms with E-state index < -0.39 is 22.0 Å². The molecule has 0 aromatic heterocycles. The van der Waals surface area contributed by atoms with Gasteiger partial charge in [0.2, 0.25) is 0 Å². The summed E-state index contributed by atoms with van der Waals surface area (Å²) in [5.41, 5.74) is 0.818. The molecule has 0 spiro atoms. The van der Waals surface area contributed by atoms with Crippen molar-refractivity contribution in [1.82, 2.24) is 0 Å². The Morgan fingerprint density at radius 3 is 2.52 bits per heavy atom. The minimum atomic E-state index is -3.89. The van der Waals surface area contributed by atoms with Gasteiger partial charge < -0.3 is 14.8 Å². The largest absolute Gasteiger partial charge is 0.495 e. The van der Waals surface area contributed by atoms with Crippen LogP contribution in [0.3, 0.4) is 0 Å². The predicted molar refractivity (Wildman–Crippen MR) is 118 cm³/mol. The molecule has 0 unspecified atom stereocenters. The summed E-state index contributed by atoms with van der Waals surface area (Å²) in [5.74, 6) is 0.285. The van der Waals surface area contributed by atoms with Crippen molar-refractivity contribution in [1.29, 1.82) is 0 Å². The van der Waals surface area contributed by atoms with Crippen molar-refractivity contribution >= 4 is 38.9 Å². The minimum absolute atomic E-state index is 0.132. The third-order valence-electron chi connectivity index (χ3n) is 4.78. The Bertz CT molecular complexity index is 1220. The van der Waals surface area contributed by atoms with Crippen molar-refractivity contribution in [2.75, 3.05) is 23.3 Å². The molecule has 0 saturated heterocycles. The number of carbonyl (C=O) groups excluding carboxylic acids is 1. The van der Waals surface area contributed by atoms with Crippen molar-refractivity contribution in [3.8, 4) is 11.5 Å². The molecule has 1 amide bonds. The van der Waals surface area contributed by atoms with Crippen LogP contribution in [0.1, 0.15) is 0 Å². The molecule has 9 heteroatoms. The summed E-state index contributed by atoms with van der Waals surface area (Å²) in [6.07, 6.45) is -1.06. The third-order valence-corrected chi connectivity index (χ3v) is 6.87. The lowest BCUT2D eigenvalue weighted by atomic mass is 10.2. The third kappa shape index (κ3) is 4.17. The van der Waals surface area contributed by atoms with Gasteiger partial charge >= 0.3 is 0 Å². The summed E-state index contributed by atoms with van der Waals surface area (Å²) in [6, 6.07) is 19.6. The Labute approximate surface area is 185 Å². The number of carbonyl (C=O) groups is 1. The molecule has 3 aromatic carbocycles. The highest BCUT2D eigenvalue weighted by atomic mass is 35.5. The Balaban J connectivity index is 1.64. The van der Waals surface area contributed by atoms with Crippen molar-refractivity contribution < 1.29 is 22.7 Å². The maximum absolute atomic E-state index is 13.3. The van der Waals surface area contributed by atoms with Gasteiger partial charge in [-0.1, -0.05) is 41.9 Å². The second-order valence-electron chi connectivity index (χ2n) is 6.76. The van der Waals surface area contributed by atoms with Gasteiger partial charge in [0.15, 0.2) is 6.10 Å². The summed E-state index contributed by atoms with van der Waals surface area (Å²) < 4.78 is 38.7. The highest BCUT2D eigenvalue weighted by Crippen LogP contribution is 2.37. The summed E-state index contributed by atoms with van der Waals surface area (Å²) in [6.45, 7) is -0.177. The zero-order chi connectivity index (χ0) is 22.0. The maximum Gasteiger partial charge on any atom is 0.267 e. The standard InChI is InChI=1S/C22H19ClN2O5S/c1-29-19-12-11-15(13-17(19)23)24-22(26)21-14-25(18-9-5-6-10-20(18)30-21)31(27,28)16-7-3-2-4-8-16/h2-13,21H,14H2,1H3,(H,24,26)/t21-/m1/s1. The van der Waals surface area contributed by atoms with Crippen LogP contribution in [-0.2, 0) is 14.8 Å². The van der Waals surface area contributed by atoms with Gasteiger partial charge in [-0.3, -0.25) is 9.10 Å². The zero-order valence-electron chi connectivity index (χ0n) is 16.5. The topological polar surface area (TPSA) is 84.9 Å². The normalized spacial score (nSPS) is 15.5. The summed E-state index contributed by atoms with van der Waals surface area (Å²) >= 11 is 6.12. The van der Waals surface area contributed by atoms with E-state index in [0.29, 0.717) is 27.9 Å². The smallest absolute Gasteiger partial charge is 0.267 e. The number of para-hydroxylation sites is 2. The molecule has 1 atom stereocenters. The van der Waals surface area contributed by atoms with Gasteiger partial charge in [-0.2, -0.15) is 0 Å². The van der Waals surface area contributed by atoms with E-state index in [1.165, 1.54) is 23.5 Å². The first-order valence-electron chi connectivity index (χ1n) is 9.38. The molecule has 0 fully saturated rings. The average molecular weight is 459 g/mol. The molecule has 0 saturated carbocycles. The van der Waals surface area contributed by atoms with Crippen LogP contribution in [0.4, 0.5) is 11.4 Å². The van der Waals surface area contributed by atoms with Crippen molar-refractivity contribution in [2.24, 2.45) is 0 Å². The molecule has 0 radical (unpaired) electrons. The SMILES string of the molecule is COc1ccc(NC(=O)[C@H]2CN(S(=O)(=O)c3ccccc3)c3ccccc3O2)cc1Cl. The first kappa shape index (κ1) is 21.0. The van der Waals surface area contributed by atoms with Gasteiger partial charge in [-0.15, -0.1) is 0 Å². The molecule has 0 aliphatic carbocycles. The lowest BCUT2D eigenvalue weighted by Gasteiger charge is -2.34. The van der Waals surface area contributed by atoms with E-state index in [1.807, 2.05) is 0 Å². The lowest BCUT2D eigenvalue weighted by molar-refractivity contribution is -0.122. The van der Waals surface area contributed by atoms with Crippen molar-refractivity contribution in [3.05, 3.63) is 77.8 Å². The van der Waals surface area contributed by atoms with Crippen LogP contribution in [0.15, 0.2) is 77.7 Å². The highest BCUT2D eigenvalue weighted by molar-refractivity contribution is 7.92. The molecule has 1 N–H and O–H groups in total. The molecule has 7 nitrogen and oxygen atoms in total. The van der Waals surface area contributed by atoms with Crippen molar-refractivity contribution in [3.63, 3.8) is 0 Å². The van der Waals surface area contributed by atoms with Gasteiger partial charge in [0, 0.05) is 5.69 Å². The lowest BCUT2D eigenvalue weighted by Crippen LogP contribution is -2.48. The number of halogens is 1. The quantitative estimate of drug-likeness (QED) is 0.626. The van der Waals surface area contributed by atoms with Crippen LogP contribution in [-0.4, -0.2) is 34.1 Å². The van der Waals surface area contributed by atoms with Crippen LogP contribution in [0.2, 0.25) is 5.02 Å². The number of anilines is 2. The Morgan fingerprint density at radius 1 is 1.10 bits per heavy atom. The number of hydrogen-bond donors (Lipinski definition) is 1. The maximum atomic E-state index is 13.3. The molecule has 160 valence electrons. The number of hydrogen-bond acceptors (Lipinski definition) is 5. The first-order chi connectivity index (χ1) is 14.9. The van der Waals surface area contributed by atoms with Crippen LogP contribution >= 0.6 is 11.6 Å². The summed E-state index contributed by atoms with van der Waals surface area (Å²) in [4.78, 5) is 13.1. The van der Waals surface area contributed by atoms with Crippen LogP contribution in [0, 0.1) is 0 Å². The zero-order valence-corrected chi connectivity index (χ0v) is 18.1. The summed E-state index contributed by atoms with van der Waals surface area (Å²) in [5, 5.41) is 3.06. The number of nitrogens with zero attached hydrogens (tertiary/aromatic N) is 1. The number of rotatable bonds is 5. The summed E-state index contributed by atoms with van der Waals surface area (Å²) in [7, 11) is -2.40. The van der Waals surface area contributed by atoms with Gasteiger partial charge in [0.05, 0.1) is 29.3 Å². The van der Waals surface area contributed by atoms with E-state index in [4.69, 9.17) is 21.1 Å². The fraction of sp³-hybridized carbons (Fsp3) is 0.136. The number of ether oxygens (including phenoxy) is 2. The fourth-order valence-corrected chi connectivity index (χ4v) is 5.01. The Kier molecular flexibility index (Phi) is 5.75. The molecular weight excluding hydrogens is 440 g/mol.